The van der Waals surface area contributed by atoms with Crippen molar-refractivity contribution < 1.29 is 14.7 Å². The molecule has 142 valence electrons. The normalized spacial score (nSPS) is 13.3. The molecule has 8 nitrogen and oxygen atoms in total. The minimum atomic E-state index is -0.648. The number of amides is 2. The summed E-state index contributed by atoms with van der Waals surface area (Å²) in [4.78, 5) is 37.8. The van der Waals surface area contributed by atoms with E-state index in [9.17, 15) is 24.8 Å². The Bertz CT molecular complexity index is 1310. The first-order valence-electron chi connectivity index (χ1n) is 8.64. The summed E-state index contributed by atoms with van der Waals surface area (Å²) >= 11 is 0. The SMILES string of the molecule is Cc1c(C=NN2C(=O)c3cccc4cccc(c34)C2=O)c(O)n(C)c(=O)c1C#N. The van der Waals surface area contributed by atoms with Gasteiger partial charge in [0.25, 0.3) is 17.4 Å². The average molecular weight is 386 g/mol. The van der Waals surface area contributed by atoms with Gasteiger partial charge in [0.15, 0.2) is 0 Å². The highest BCUT2D eigenvalue weighted by Gasteiger charge is 2.32. The Morgan fingerprint density at radius 1 is 1.07 bits per heavy atom. The first-order valence-corrected chi connectivity index (χ1v) is 8.64. The summed E-state index contributed by atoms with van der Waals surface area (Å²) in [6.45, 7) is 1.48. The van der Waals surface area contributed by atoms with Crippen LogP contribution in [0.2, 0.25) is 0 Å². The second kappa shape index (κ2) is 6.42. The quantitative estimate of drug-likeness (QED) is 0.535. The molecular weight excluding hydrogens is 372 g/mol. The average Bonchev–Trinajstić information content (AvgIpc) is 2.72. The van der Waals surface area contributed by atoms with Gasteiger partial charge in [0.1, 0.15) is 11.6 Å². The summed E-state index contributed by atoms with van der Waals surface area (Å²) in [5, 5.41) is 25.6. The van der Waals surface area contributed by atoms with E-state index in [1.807, 2.05) is 12.1 Å². The number of carbonyl (C=O) groups excluding carboxylic acids is 2. The molecule has 0 bridgehead atoms. The second-order valence-corrected chi connectivity index (χ2v) is 6.59. The highest BCUT2D eigenvalue weighted by Crippen LogP contribution is 2.30. The third kappa shape index (κ3) is 2.52. The fourth-order valence-electron chi connectivity index (χ4n) is 3.43. The van der Waals surface area contributed by atoms with E-state index in [0.717, 1.165) is 16.2 Å². The minimum Gasteiger partial charge on any atom is -0.494 e. The van der Waals surface area contributed by atoms with Gasteiger partial charge in [-0.05, 0) is 30.0 Å². The summed E-state index contributed by atoms with van der Waals surface area (Å²) in [6, 6.07) is 12.1. The van der Waals surface area contributed by atoms with E-state index in [0.29, 0.717) is 21.5 Å². The number of imide groups is 1. The molecule has 8 heteroatoms. The third-order valence-corrected chi connectivity index (χ3v) is 5.02. The Labute approximate surface area is 164 Å². The highest BCUT2D eigenvalue weighted by molar-refractivity contribution is 6.25. The van der Waals surface area contributed by atoms with Gasteiger partial charge < -0.3 is 5.11 Å². The lowest BCUT2D eigenvalue weighted by Gasteiger charge is -2.23. The van der Waals surface area contributed by atoms with Crippen molar-refractivity contribution in [2.75, 3.05) is 0 Å². The molecule has 2 amide bonds. The van der Waals surface area contributed by atoms with Crippen molar-refractivity contribution in [3.63, 3.8) is 0 Å². The molecule has 1 N–H and O–H groups in total. The fraction of sp³-hybridized carbons (Fsp3) is 0.0952. The Kier molecular flexibility index (Phi) is 4.01. The van der Waals surface area contributed by atoms with Crippen molar-refractivity contribution in [2.24, 2.45) is 12.1 Å². The van der Waals surface area contributed by atoms with Crippen molar-refractivity contribution in [1.82, 2.24) is 9.58 Å². The molecule has 4 rings (SSSR count). The molecule has 0 atom stereocenters. The summed E-state index contributed by atoms with van der Waals surface area (Å²) in [5.74, 6) is -1.62. The minimum absolute atomic E-state index is 0.0707. The van der Waals surface area contributed by atoms with Crippen molar-refractivity contribution in [3.05, 3.63) is 74.6 Å². The number of rotatable bonds is 2. The molecule has 1 aliphatic rings. The topological polar surface area (TPSA) is 116 Å². The van der Waals surface area contributed by atoms with Gasteiger partial charge in [-0.15, -0.1) is 0 Å². The number of hydrogen-bond donors (Lipinski definition) is 1. The maximum Gasteiger partial charge on any atom is 0.282 e. The summed E-state index contributed by atoms with van der Waals surface area (Å²) in [5.41, 5.74) is 0.157. The zero-order valence-corrected chi connectivity index (χ0v) is 15.5. The number of aromatic nitrogens is 1. The number of carbonyl (C=O) groups is 2. The van der Waals surface area contributed by atoms with Crippen LogP contribution in [0, 0.1) is 18.3 Å². The van der Waals surface area contributed by atoms with Crippen molar-refractivity contribution in [2.45, 2.75) is 6.92 Å². The smallest absolute Gasteiger partial charge is 0.282 e. The maximum atomic E-state index is 12.9. The van der Waals surface area contributed by atoms with Crippen LogP contribution in [-0.2, 0) is 7.05 Å². The molecule has 0 saturated carbocycles. The fourth-order valence-corrected chi connectivity index (χ4v) is 3.43. The Balaban J connectivity index is 1.85. The summed E-state index contributed by atoms with van der Waals surface area (Å²) < 4.78 is 0.906. The monoisotopic (exact) mass is 386 g/mol. The number of hydrogen-bond acceptors (Lipinski definition) is 6. The van der Waals surface area contributed by atoms with Crippen LogP contribution in [0.4, 0.5) is 0 Å². The lowest BCUT2D eigenvalue weighted by Crippen LogP contribution is -2.36. The van der Waals surface area contributed by atoms with Crippen LogP contribution in [-0.4, -0.2) is 32.7 Å². The van der Waals surface area contributed by atoms with Gasteiger partial charge in [0, 0.05) is 12.4 Å². The first-order chi connectivity index (χ1) is 13.9. The predicted molar refractivity (Wildman–Crippen MR) is 105 cm³/mol. The number of hydrazone groups is 1. The van der Waals surface area contributed by atoms with Crippen LogP contribution in [0.1, 0.15) is 37.4 Å². The second-order valence-electron chi connectivity index (χ2n) is 6.59. The highest BCUT2D eigenvalue weighted by atomic mass is 16.3. The molecule has 0 fully saturated rings. The lowest BCUT2D eigenvalue weighted by atomic mass is 9.95. The van der Waals surface area contributed by atoms with Gasteiger partial charge in [0.05, 0.1) is 22.9 Å². The Morgan fingerprint density at radius 2 is 1.66 bits per heavy atom. The first kappa shape index (κ1) is 18.1. The zero-order chi connectivity index (χ0) is 20.9. The Hall–Kier alpha value is -4.25. The van der Waals surface area contributed by atoms with Gasteiger partial charge >= 0.3 is 0 Å². The molecule has 2 heterocycles. The number of pyridine rings is 1. The van der Waals surface area contributed by atoms with Crippen LogP contribution in [0.25, 0.3) is 10.8 Å². The van der Waals surface area contributed by atoms with Crippen molar-refractivity contribution in [3.8, 4) is 11.9 Å². The van der Waals surface area contributed by atoms with Crippen LogP contribution < -0.4 is 5.56 Å². The van der Waals surface area contributed by atoms with Crippen LogP contribution in [0.15, 0.2) is 46.3 Å². The molecule has 3 aromatic rings. The van der Waals surface area contributed by atoms with Gasteiger partial charge in [-0.1, -0.05) is 24.3 Å². The third-order valence-electron chi connectivity index (χ3n) is 5.02. The van der Waals surface area contributed by atoms with Crippen LogP contribution in [0.5, 0.6) is 5.88 Å². The summed E-state index contributed by atoms with van der Waals surface area (Å²) in [7, 11) is 1.31. The molecule has 0 unspecified atom stereocenters. The largest absolute Gasteiger partial charge is 0.494 e. The molecule has 0 spiro atoms. The standard InChI is InChI=1S/C21H14N4O4/c1-11-15(9-22)18(26)24(2)19(27)16(11)10-23-25-20(28)13-7-3-5-12-6-4-8-14(17(12)13)21(25)29/h3-8,10,27H,1-2H3. The van der Waals surface area contributed by atoms with E-state index in [4.69, 9.17) is 0 Å². The van der Waals surface area contributed by atoms with E-state index in [2.05, 4.69) is 5.10 Å². The summed E-state index contributed by atoms with van der Waals surface area (Å²) in [6.07, 6.45) is 1.11. The van der Waals surface area contributed by atoms with E-state index in [1.54, 1.807) is 30.3 Å². The van der Waals surface area contributed by atoms with E-state index >= 15 is 0 Å². The molecule has 29 heavy (non-hydrogen) atoms. The lowest BCUT2D eigenvalue weighted by molar-refractivity contribution is 0.0616. The zero-order valence-electron chi connectivity index (χ0n) is 15.5. The maximum absolute atomic E-state index is 12.9. The van der Waals surface area contributed by atoms with E-state index in [1.165, 1.54) is 14.0 Å². The van der Waals surface area contributed by atoms with Gasteiger partial charge in [-0.2, -0.15) is 15.4 Å². The van der Waals surface area contributed by atoms with E-state index < -0.39 is 23.3 Å². The Morgan fingerprint density at radius 3 is 2.21 bits per heavy atom. The number of benzene rings is 2. The molecule has 2 aromatic carbocycles. The van der Waals surface area contributed by atoms with E-state index in [-0.39, 0.29) is 16.7 Å². The molecule has 0 aliphatic carbocycles. The van der Waals surface area contributed by atoms with Crippen molar-refractivity contribution in [1.29, 1.82) is 5.26 Å². The molecular formula is C21H14N4O4. The number of nitriles is 1. The van der Waals surface area contributed by atoms with Gasteiger partial charge in [-0.3, -0.25) is 19.0 Å². The van der Waals surface area contributed by atoms with Crippen molar-refractivity contribution >= 4 is 28.8 Å². The van der Waals surface area contributed by atoms with Crippen LogP contribution >= 0.6 is 0 Å². The molecule has 0 saturated heterocycles. The predicted octanol–water partition coefficient (Wildman–Crippen LogP) is 2.05. The van der Waals surface area contributed by atoms with Gasteiger partial charge in [0.2, 0.25) is 5.88 Å². The van der Waals surface area contributed by atoms with Crippen LogP contribution in [0.3, 0.4) is 0 Å². The molecule has 1 aliphatic heterocycles. The number of aromatic hydroxyl groups is 1. The molecule has 1 aromatic heterocycles. The number of nitrogens with zero attached hydrogens (tertiary/aromatic N) is 4. The molecule has 0 radical (unpaired) electrons. The van der Waals surface area contributed by atoms with Gasteiger partial charge in [-0.25, -0.2) is 0 Å².